The Hall–Kier alpha value is -3.03. The SMILES string of the molecule is Cc1ccc(S(=O)(=O)c2ccccc2CCCCN2CCN(c3cccc4c3OCCO4)CC2)cc1. The van der Waals surface area contributed by atoms with Gasteiger partial charge < -0.3 is 14.4 Å². The van der Waals surface area contributed by atoms with Crippen LogP contribution in [0.4, 0.5) is 5.69 Å². The summed E-state index contributed by atoms with van der Waals surface area (Å²) >= 11 is 0. The second-order valence-corrected chi connectivity index (χ2v) is 11.4. The van der Waals surface area contributed by atoms with Crippen LogP contribution in [-0.4, -0.2) is 59.3 Å². The average Bonchev–Trinajstić information content (AvgIpc) is 2.91. The second-order valence-electron chi connectivity index (χ2n) is 9.51. The highest BCUT2D eigenvalue weighted by atomic mass is 32.2. The molecule has 1 saturated heterocycles. The molecule has 3 aromatic carbocycles. The number of rotatable bonds is 8. The lowest BCUT2D eigenvalue weighted by molar-refractivity contribution is 0.171. The number of hydrogen-bond acceptors (Lipinski definition) is 6. The molecule has 2 aliphatic heterocycles. The summed E-state index contributed by atoms with van der Waals surface area (Å²) in [6, 6.07) is 20.6. The van der Waals surface area contributed by atoms with E-state index in [-0.39, 0.29) is 0 Å². The monoisotopic (exact) mass is 506 g/mol. The lowest BCUT2D eigenvalue weighted by atomic mass is 10.1. The molecule has 0 aliphatic carbocycles. The molecule has 0 N–H and O–H groups in total. The fourth-order valence-electron chi connectivity index (χ4n) is 4.99. The highest BCUT2D eigenvalue weighted by Crippen LogP contribution is 2.39. The summed E-state index contributed by atoms with van der Waals surface area (Å²) in [7, 11) is -3.52. The molecule has 0 bridgehead atoms. The second kappa shape index (κ2) is 10.9. The van der Waals surface area contributed by atoms with Gasteiger partial charge in [0.15, 0.2) is 11.5 Å². The van der Waals surface area contributed by atoms with E-state index in [2.05, 4.69) is 15.9 Å². The molecule has 0 saturated carbocycles. The maximum atomic E-state index is 13.3. The molecule has 0 atom stereocenters. The van der Waals surface area contributed by atoms with E-state index in [1.807, 2.05) is 49.4 Å². The highest BCUT2D eigenvalue weighted by molar-refractivity contribution is 7.91. The minimum Gasteiger partial charge on any atom is -0.486 e. The smallest absolute Gasteiger partial charge is 0.206 e. The zero-order valence-electron chi connectivity index (χ0n) is 20.9. The average molecular weight is 507 g/mol. The Morgan fingerprint density at radius 3 is 2.36 bits per heavy atom. The van der Waals surface area contributed by atoms with Crippen molar-refractivity contribution in [2.45, 2.75) is 36.0 Å². The van der Waals surface area contributed by atoms with E-state index >= 15 is 0 Å². The quantitative estimate of drug-likeness (QED) is 0.411. The van der Waals surface area contributed by atoms with E-state index in [1.165, 1.54) is 0 Å². The first-order valence-corrected chi connectivity index (χ1v) is 14.3. The lowest BCUT2D eigenvalue weighted by Gasteiger charge is -2.37. The first-order chi connectivity index (χ1) is 17.5. The number of piperazine rings is 1. The number of anilines is 1. The third-order valence-corrected chi connectivity index (χ3v) is 8.89. The number of fused-ring (bicyclic) bond motifs is 1. The number of nitrogens with zero attached hydrogens (tertiary/aromatic N) is 2. The van der Waals surface area contributed by atoms with Gasteiger partial charge >= 0.3 is 0 Å². The molecule has 6 nitrogen and oxygen atoms in total. The van der Waals surface area contributed by atoms with Crippen molar-refractivity contribution in [3.63, 3.8) is 0 Å². The summed E-state index contributed by atoms with van der Waals surface area (Å²) in [4.78, 5) is 5.67. The van der Waals surface area contributed by atoms with Gasteiger partial charge in [-0.2, -0.15) is 0 Å². The Morgan fingerprint density at radius 2 is 1.56 bits per heavy atom. The van der Waals surface area contributed by atoms with Crippen molar-refractivity contribution in [1.82, 2.24) is 4.90 Å². The van der Waals surface area contributed by atoms with Gasteiger partial charge in [0, 0.05) is 26.2 Å². The van der Waals surface area contributed by atoms with Gasteiger partial charge in [0.25, 0.3) is 0 Å². The highest BCUT2D eigenvalue weighted by Gasteiger charge is 2.24. The minimum absolute atomic E-state index is 0.357. The third-order valence-electron chi connectivity index (χ3n) is 7.02. The van der Waals surface area contributed by atoms with Crippen LogP contribution in [0.1, 0.15) is 24.0 Å². The lowest BCUT2D eigenvalue weighted by Crippen LogP contribution is -2.46. The number of ether oxygens (including phenoxy) is 2. The summed E-state index contributed by atoms with van der Waals surface area (Å²) in [6.45, 7) is 8.10. The predicted molar refractivity (Wildman–Crippen MR) is 142 cm³/mol. The summed E-state index contributed by atoms with van der Waals surface area (Å²) < 4.78 is 38.1. The molecule has 0 radical (unpaired) electrons. The summed E-state index contributed by atoms with van der Waals surface area (Å²) in [5.41, 5.74) is 3.07. The van der Waals surface area contributed by atoms with Crippen LogP contribution < -0.4 is 14.4 Å². The van der Waals surface area contributed by atoms with Crippen LogP contribution in [0, 0.1) is 6.92 Å². The van der Waals surface area contributed by atoms with Crippen LogP contribution in [-0.2, 0) is 16.3 Å². The summed E-state index contributed by atoms with van der Waals surface area (Å²) in [5, 5.41) is 0. The van der Waals surface area contributed by atoms with Crippen LogP contribution in [0.3, 0.4) is 0 Å². The van der Waals surface area contributed by atoms with E-state index in [9.17, 15) is 8.42 Å². The Labute approximate surface area is 214 Å². The zero-order chi connectivity index (χ0) is 25.0. The number of benzene rings is 3. The minimum atomic E-state index is -3.52. The molecule has 36 heavy (non-hydrogen) atoms. The molecule has 190 valence electrons. The number of sulfone groups is 1. The van der Waals surface area contributed by atoms with Gasteiger partial charge in [-0.1, -0.05) is 42.0 Å². The van der Waals surface area contributed by atoms with Crippen LogP contribution >= 0.6 is 0 Å². The topological polar surface area (TPSA) is 59.1 Å². The molecule has 2 aliphatic rings. The molecular weight excluding hydrogens is 472 g/mol. The van der Waals surface area contributed by atoms with Gasteiger partial charge in [-0.25, -0.2) is 8.42 Å². The third kappa shape index (κ3) is 5.37. The Morgan fingerprint density at radius 1 is 0.806 bits per heavy atom. The van der Waals surface area contributed by atoms with Crippen LogP contribution in [0.25, 0.3) is 0 Å². The van der Waals surface area contributed by atoms with Gasteiger partial charge in [0.05, 0.1) is 15.5 Å². The first-order valence-electron chi connectivity index (χ1n) is 12.8. The Kier molecular flexibility index (Phi) is 7.48. The molecule has 0 aromatic heterocycles. The molecule has 3 aromatic rings. The molecule has 2 heterocycles. The van der Waals surface area contributed by atoms with Gasteiger partial charge in [-0.3, -0.25) is 4.90 Å². The van der Waals surface area contributed by atoms with Crippen molar-refractivity contribution in [3.05, 3.63) is 77.9 Å². The maximum absolute atomic E-state index is 13.3. The fraction of sp³-hybridized carbons (Fsp3) is 0.379. The molecule has 0 spiro atoms. The normalized spacial score (nSPS) is 16.2. The van der Waals surface area contributed by atoms with Crippen molar-refractivity contribution in [3.8, 4) is 11.5 Å². The molecule has 0 amide bonds. The van der Waals surface area contributed by atoms with E-state index in [4.69, 9.17) is 9.47 Å². The van der Waals surface area contributed by atoms with Crippen LogP contribution in [0.5, 0.6) is 11.5 Å². The molecular formula is C29H34N2O4S. The number of aryl methyl sites for hydroxylation is 2. The number of unbranched alkanes of at least 4 members (excludes halogenated alkanes) is 1. The maximum Gasteiger partial charge on any atom is 0.206 e. The van der Waals surface area contributed by atoms with Crippen molar-refractivity contribution < 1.29 is 17.9 Å². The molecule has 7 heteroatoms. The van der Waals surface area contributed by atoms with Crippen molar-refractivity contribution in [2.24, 2.45) is 0 Å². The van der Waals surface area contributed by atoms with Crippen LogP contribution in [0.2, 0.25) is 0 Å². The van der Waals surface area contributed by atoms with Crippen molar-refractivity contribution in [2.75, 3.05) is 50.8 Å². The largest absolute Gasteiger partial charge is 0.486 e. The van der Waals surface area contributed by atoms with Crippen molar-refractivity contribution in [1.29, 1.82) is 0 Å². The Balaban J connectivity index is 1.13. The predicted octanol–water partition coefficient (Wildman–Crippen LogP) is 4.74. The Bertz CT molecular complexity index is 1280. The number of hydrogen-bond donors (Lipinski definition) is 0. The summed E-state index contributed by atoms with van der Waals surface area (Å²) in [5.74, 6) is 1.71. The fourth-order valence-corrected chi connectivity index (χ4v) is 6.51. The first kappa shape index (κ1) is 24.7. The standard InChI is InChI=1S/C29H34N2O4S/c1-23-12-14-25(15-13-23)36(32,33)28-11-3-2-7-24(28)8-4-5-16-30-17-19-31(20-18-30)26-9-6-10-27-29(26)35-22-21-34-27/h2-3,6-7,9-15H,4-5,8,16-22H2,1H3. The zero-order valence-corrected chi connectivity index (χ0v) is 21.7. The number of para-hydroxylation sites is 1. The van der Waals surface area contributed by atoms with E-state index < -0.39 is 9.84 Å². The van der Waals surface area contributed by atoms with Crippen LogP contribution in [0.15, 0.2) is 76.5 Å². The van der Waals surface area contributed by atoms with Crippen molar-refractivity contribution >= 4 is 15.5 Å². The van der Waals surface area contributed by atoms with Gasteiger partial charge in [-0.05, 0) is 68.6 Å². The van der Waals surface area contributed by atoms with Gasteiger partial charge in [-0.15, -0.1) is 0 Å². The molecule has 1 fully saturated rings. The van der Waals surface area contributed by atoms with E-state index in [0.717, 1.165) is 80.3 Å². The summed E-state index contributed by atoms with van der Waals surface area (Å²) in [6.07, 6.45) is 2.75. The molecule has 0 unspecified atom stereocenters. The van der Waals surface area contributed by atoms with Gasteiger partial charge in [0.1, 0.15) is 13.2 Å². The van der Waals surface area contributed by atoms with E-state index in [1.54, 1.807) is 18.2 Å². The van der Waals surface area contributed by atoms with E-state index in [0.29, 0.717) is 23.0 Å². The van der Waals surface area contributed by atoms with Gasteiger partial charge in [0.2, 0.25) is 9.84 Å². The molecule has 5 rings (SSSR count).